The van der Waals surface area contributed by atoms with Crippen molar-refractivity contribution in [3.05, 3.63) is 48.0 Å². The van der Waals surface area contributed by atoms with Gasteiger partial charge in [-0.15, -0.1) is 15.7 Å². The zero-order valence-corrected chi connectivity index (χ0v) is 20.6. The molecular weight excluding hydrogens is 474 g/mol. The third-order valence-electron chi connectivity index (χ3n) is 5.13. The Bertz CT molecular complexity index is 1250. The van der Waals surface area contributed by atoms with Gasteiger partial charge in [-0.2, -0.15) is 4.98 Å². The molecule has 2 aromatic heterocycles. The highest BCUT2D eigenvalue weighted by molar-refractivity contribution is 7.94. The number of aliphatic hydroxyl groups is 1. The second-order valence-corrected chi connectivity index (χ2v) is 11.3. The van der Waals surface area contributed by atoms with E-state index in [1.54, 1.807) is 48.7 Å². The van der Waals surface area contributed by atoms with E-state index < -0.39 is 15.8 Å². The molecule has 4 rings (SSSR count). The fraction of sp³-hybridized carbons (Fsp3) is 0.348. The highest BCUT2D eigenvalue weighted by Crippen LogP contribution is 2.36. The fourth-order valence-corrected chi connectivity index (χ4v) is 6.23. The molecule has 2 heterocycles. The Morgan fingerprint density at radius 2 is 2.09 bits per heavy atom. The number of aliphatic hydroxyl groups excluding tert-OH is 1. The smallest absolute Gasteiger partial charge is 0.442 e. The van der Waals surface area contributed by atoms with Crippen LogP contribution in [0, 0.1) is 0 Å². The van der Waals surface area contributed by atoms with Gasteiger partial charge in [0.2, 0.25) is 5.95 Å². The highest BCUT2D eigenvalue weighted by Gasteiger charge is 2.36. The van der Waals surface area contributed by atoms with E-state index in [0.717, 1.165) is 23.3 Å². The highest BCUT2D eigenvalue weighted by atomic mass is 32.2. The summed E-state index contributed by atoms with van der Waals surface area (Å²) >= 11 is 1.58. The molecule has 0 bridgehead atoms. The van der Waals surface area contributed by atoms with Crippen molar-refractivity contribution in [3.63, 3.8) is 0 Å². The van der Waals surface area contributed by atoms with Crippen molar-refractivity contribution in [2.75, 3.05) is 23.8 Å². The molecule has 0 radical (unpaired) electrons. The van der Waals surface area contributed by atoms with Crippen molar-refractivity contribution in [2.24, 2.45) is 4.36 Å². The Morgan fingerprint density at radius 1 is 1.32 bits per heavy atom. The molecule has 1 fully saturated rings. The number of carbonyl (C=O) groups is 1. The van der Waals surface area contributed by atoms with Crippen LogP contribution in [-0.2, 0) is 14.5 Å². The zero-order chi connectivity index (χ0) is 24.1. The second-order valence-electron chi connectivity index (χ2n) is 7.87. The Labute approximate surface area is 202 Å². The third-order valence-corrected chi connectivity index (χ3v) is 8.78. The first-order valence-electron chi connectivity index (χ1n) is 11.0. The molecule has 1 aromatic carbocycles. The lowest BCUT2D eigenvalue weighted by Crippen LogP contribution is -2.21. The summed E-state index contributed by atoms with van der Waals surface area (Å²) in [5.74, 6) is 0.989. The number of carbonyl (C=O) groups excluding carboxylic acids is 1. The standard InChI is InChI=1S/C23H27N5O4S2/c1-3-32-23(30)28-34(31,18-10-11-18)17-8-6-16(7-9-17)26-22-24-13-19(20-5-4-12-33-20)21(27-22)25-15(2)14-29/h4-9,12-13,15,18,29H,3,10-11,14H2,1-2H3,(H2,24,25,26,27)/t15-,34-/m1/s1. The van der Waals surface area contributed by atoms with Crippen LogP contribution >= 0.6 is 11.3 Å². The maximum atomic E-state index is 13.5. The van der Waals surface area contributed by atoms with Gasteiger partial charge in [0.1, 0.15) is 5.82 Å². The Kier molecular flexibility index (Phi) is 7.44. The number of benzene rings is 1. The molecular formula is C23H27N5O4S2. The van der Waals surface area contributed by atoms with E-state index in [1.165, 1.54) is 0 Å². The molecule has 1 aliphatic rings. The quantitative estimate of drug-likeness (QED) is 0.378. The van der Waals surface area contributed by atoms with Crippen LogP contribution in [0.5, 0.6) is 0 Å². The first kappa shape index (κ1) is 24.1. The Morgan fingerprint density at radius 3 is 2.71 bits per heavy atom. The lowest BCUT2D eigenvalue weighted by Gasteiger charge is -2.16. The molecule has 3 aromatic rings. The summed E-state index contributed by atoms with van der Waals surface area (Å²) in [6.45, 7) is 3.71. The summed E-state index contributed by atoms with van der Waals surface area (Å²) in [4.78, 5) is 22.5. The first-order valence-corrected chi connectivity index (χ1v) is 13.5. The van der Waals surface area contributed by atoms with Gasteiger partial charge in [-0.05, 0) is 62.4 Å². The van der Waals surface area contributed by atoms with E-state index in [9.17, 15) is 14.1 Å². The van der Waals surface area contributed by atoms with Crippen LogP contribution in [0.25, 0.3) is 10.4 Å². The number of amides is 1. The molecule has 180 valence electrons. The lowest BCUT2D eigenvalue weighted by molar-refractivity contribution is 0.164. The SMILES string of the molecule is CCOC(=O)N=[S@@](=O)(c1ccc(Nc2ncc(-c3cccs3)c(N[C@H](C)CO)n2)cc1)C1CC1. The number of hydrogen-bond donors (Lipinski definition) is 3. The molecule has 1 aliphatic carbocycles. The van der Waals surface area contributed by atoms with E-state index in [4.69, 9.17) is 4.74 Å². The van der Waals surface area contributed by atoms with Gasteiger partial charge in [-0.1, -0.05) is 6.07 Å². The summed E-state index contributed by atoms with van der Waals surface area (Å²) in [6.07, 6.45) is 2.49. The minimum absolute atomic E-state index is 0.0325. The molecule has 11 heteroatoms. The average Bonchev–Trinajstić information content (AvgIpc) is 3.55. The predicted molar refractivity (Wildman–Crippen MR) is 134 cm³/mol. The molecule has 0 spiro atoms. The lowest BCUT2D eigenvalue weighted by atomic mass is 10.2. The molecule has 34 heavy (non-hydrogen) atoms. The molecule has 1 saturated carbocycles. The van der Waals surface area contributed by atoms with Gasteiger partial charge in [-0.25, -0.2) is 14.0 Å². The molecule has 2 atom stereocenters. The average molecular weight is 502 g/mol. The number of thiophene rings is 1. The van der Waals surface area contributed by atoms with Crippen LogP contribution in [0.1, 0.15) is 26.7 Å². The Hall–Kier alpha value is -3.02. The van der Waals surface area contributed by atoms with Gasteiger partial charge in [0, 0.05) is 32.9 Å². The fourth-order valence-electron chi connectivity index (χ4n) is 3.27. The zero-order valence-electron chi connectivity index (χ0n) is 18.9. The van der Waals surface area contributed by atoms with Gasteiger partial charge in [0.25, 0.3) is 0 Å². The number of nitrogens with zero attached hydrogens (tertiary/aromatic N) is 3. The van der Waals surface area contributed by atoms with Crippen LogP contribution in [0.15, 0.2) is 57.2 Å². The Balaban J connectivity index is 1.58. The number of hydrogen-bond acceptors (Lipinski definition) is 9. The van der Waals surface area contributed by atoms with Crippen molar-refractivity contribution in [1.82, 2.24) is 9.97 Å². The summed E-state index contributed by atoms with van der Waals surface area (Å²) in [7, 11) is -2.88. The number of rotatable bonds is 9. The minimum atomic E-state index is -2.88. The largest absolute Gasteiger partial charge is 0.448 e. The van der Waals surface area contributed by atoms with Gasteiger partial charge >= 0.3 is 6.09 Å². The maximum Gasteiger partial charge on any atom is 0.442 e. The van der Waals surface area contributed by atoms with Crippen LogP contribution in [-0.4, -0.2) is 49.9 Å². The van der Waals surface area contributed by atoms with E-state index in [1.807, 2.05) is 24.4 Å². The molecule has 0 aliphatic heterocycles. The monoisotopic (exact) mass is 501 g/mol. The molecule has 3 N–H and O–H groups in total. The van der Waals surface area contributed by atoms with Crippen molar-refractivity contribution in [3.8, 4) is 10.4 Å². The van der Waals surface area contributed by atoms with Crippen molar-refractivity contribution < 1.29 is 18.8 Å². The molecule has 1 amide bonds. The van der Waals surface area contributed by atoms with Crippen LogP contribution < -0.4 is 10.6 Å². The van der Waals surface area contributed by atoms with Gasteiger partial charge in [-0.3, -0.25) is 0 Å². The van der Waals surface area contributed by atoms with Gasteiger partial charge in [0.15, 0.2) is 0 Å². The summed E-state index contributed by atoms with van der Waals surface area (Å²) in [5, 5.41) is 17.7. The molecule has 0 saturated heterocycles. The van der Waals surface area contributed by atoms with Crippen molar-refractivity contribution >= 4 is 44.6 Å². The number of ether oxygens (including phenoxy) is 1. The minimum Gasteiger partial charge on any atom is -0.448 e. The number of nitrogens with one attached hydrogen (secondary N) is 2. The van der Waals surface area contributed by atoms with E-state index in [-0.39, 0.29) is 24.5 Å². The van der Waals surface area contributed by atoms with Crippen LogP contribution in [0.3, 0.4) is 0 Å². The van der Waals surface area contributed by atoms with E-state index in [0.29, 0.717) is 22.3 Å². The summed E-state index contributed by atoms with van der Waals surface area (Å²) < 4.78 is 22.3. The molecule has 0 unspecified atom stereocenters. The van der Waals surface area contributed by atoms with E-state index in [2.05, 4.69) is 25.0 Å². The summed E-state index contributed by atoms with van der Waals surface area (Å²) in [6, 6.07) is 10.7. The maximum absolute atomic E-state index is 13.5. The normalized spacial score (nSPS) is 15.7. The predicted octanol–water partition coefficient (Wildman–Crippen LogP) is 4.89. The van der Waals surface area contributed by atoms with Crippen LogP contribution in [0.4, 0.5) is 22.2 Å². The number of anilines is 3. The van der Waals surface area contributed by atoms with Gasteiger partial charge in [0.05, 0.1) is 28.5 Å². The second kappa shape index (κ2) is 10.5. The summed E-state index contributed by atoms with van der Waals surface area (Å²) in [5.41, 5.74) is 1.54. The van der Waals surface area contributed by atoms with Crippen molar-refractivity contribution in [2.45, 2.75) is 42.9 Å². The topological polar surface area (TPSA) is 126 Å². The van der Waals surface area contributed by atoms with Crippen LogP contribution in [0.2, 0.25) is 0 Å². The number of aromatic nitrogens is 2. The van der Waals surface area contributed by atoms with E-state index >= 15 is 0 Å². The molecule has 9 nitrogen and oxygen atoms in total. The van der Waals surface area contributed by atoms with Gasteiger partial charge < -0.3 is 20.5 Å². The third kappa shape index (κ3) is 5.54. The van der Waals surface area contributed by atoms with Crippen molar-refractivity contribution in [1.29, 1.82) is 0 Å². The first-order chi connectivity index (χ1) is 16.4.